The molecular formula is C12H16FN. The summed E-state index contributed by atoms with van der Waals surface area (Å²) in [7, 11) is 0. The van der Waals surface area contributed by atoms with Crippen molar-refractivity contribution in [1.29, 1.82) is 0 Å². The first kappa shape index (κ1) is 9.66. The molecule has 1 fully saturated rings. The molecule has 1 saturated carbocycles. The molecule has 14 heavy (non-hydrogen) atoms. The number of nitrogens with two attached hydrogens (primary N) is 1. The zero-order valence-electron chi connectivity index (χ0n) is 8.73. The third-order valence-corrected chi connectivity index (χ3v) is 3.32. The zero-order chi connectivity index (χ0) is 10.3. The molecule has 0 atom stereocenters. The van der Waals surface area contributed by atoms with E-state index in [0.717, 1.165) is 24.0 Å². The maximum absolute atomic E-state index is 13.4. The first-order chi connectivity index (χ1) is 6.59. The van der Waals surface area contributed by atoms with E-state index in [4.69, 9.17) is 5.73 Å². The maximum Gasteiger partial charge on any atom is 0.126 e. The molecule has 0 unspecified atom stereocenters. The van der Waals surface area contributed by atoms with Gasteiger partial charge >= 0.3 is 0 Å². The van der Waals surface area contributed by atoms with Crippen LogP contribution >= 0.6 is 0 Å². The summed E-state index contributed by atoms with van der Waals surface area (Å²) >= 11 is 0. The number of benzene rings is 1. The minimum atomic E-state index is -0.106. The molecule has 0 aliphatic heterocycles. The minimum absolute atomic E-state index is 0.0959. The molecule has 1 aromatic carbocycles. The van der Waals surface area contributed by atoms with E-state index in [9.17, 15) is 4.39 Å². The maximum atomic E-state index is 13.4. The second kappa shape index (κ2) is 3.06. The van der Waals surface area contributed by atoms with Gasteiger partial charge in [0.2, 0.25) is 0 Å². The van der Waals surface area contributed by atoms with Crippen molar-refractivity contribution in [1.82, 2.24) is 0 Å². The summed E-state index contributed by atoms with van der Waals surface area (Å²) in [4.78, 5) is 0. The Morgan fingerprint density at radius 2 is 1.93 bits per heavy atom. The molecule has 1 aliphatic carbocycles. The Hall–Kier alpha value is -0.890. The predicted octanol–water partition coefficient (Wildman–Crippen LogP) is 2.43. The SMILES string of the molecule is Cc1cc(C)c(C2(CN)CC2)cc1F. The van der Waals surface area contributed by atoms with Crippen LogP contribution in [0.4, 0.5) is 4.39 Å². The number of aryl methyl sites for hydroxylation is 2. The monoisotopic (exact) mass is 193 g/mol. The lowest BCUT2D eigenvalue weighted by Gasteiger charge is -2.16. The highest BCUT2D eigenvalue weighted by Gasteiger charge is 2.43. The van der Waals surface area contributed by atoms with Gasteiger partial charge in [0.1, 0.15) is 5.82 Å². The Kier molecular flexibility index (Phi) is 2.11. The molecule has 2 heteroatoms. The van der Waals surface area contributed by atoms with E-state index in [1.807, 2.05) is 13.0 Å². The van der Waals surface area contributed by atoms with Crippen LogP contribution in [0.1, 0.15) is 29.5 Å². The van der Waals surface area contributed by atoms with E-state index in [0.29, 0.717) is 6.54 Å². The van der Waals surface area contributed by atoms with Gasteiger partial charge in [-0.2, -0.15) is 0 Å². The second-order valence-electron chi connectivity index (χ2n) is 4.40. The normalized spacial score (nSPS) is 18.3. The standard InChI is InChI=1S/C12H16FN/c1-8-5-9(2)11(13)6-10(8)12(7-14)3-4-12/h5-6H,3-4,7,14H2,1-2H3. The third kappa shape index (κ3) is 1.34. The molecular weight excluding hydrogens is 177 g/mol. The van der Waals surface area contributed by atoms with Crippen molar-refractivity contribution in [2.24, 2.45) is 5.73 Å². The molecule has 0 saturated heterocycles. The summed E-state index contributed by atoms with van der Waals surface area (Å²) in [5.74, 6) is -0.106. The van der Waals surface area contributed by atoms with Gasteiger partial charge in [0, 0.05) is 12.0 Å². The molecule has 0 radical (unpaired) electrons. The van der Waals surface area contributed by atoms with E-state index >= 15 is 0 Å². The fraction of sp³-hybridized carbons (Fsp3) is 0.500. The van der Waals surface area contributed by atoms with Gasteiger partial charge in [-0.25, -0.2) is 4.39 Å². The fourth-order valence-electron chi connectivity index (χ4n) is 2.13. The van der Waals surface area contributed by atoms with Crippen molar-refractivity contribution < 1.29 is 4.39 Å². The molecule has 0 amide bonds. The Bertz CT molecular complexity index is 367. The molecule has 1 aromatic rings. The summed E-state index contributed by atoms with van der Waals surface area (Å²) in [5.41, 5.74) is 8.84. The molecule has 0 heterocycles. The van der Waals surface area contributed by atoms with Crippen molar-refractivity contribution in [3.8, 4) is 0 Å². The third-order valence-electron chi connectivity index (χ3n) is 3.32. The van der Waals surface area contributed by atoms with Gasteiger partial charge in [-0.05, 0) is 49.4 Å². The number of rotatable bonds is 2. The first-order valence-corrected chi connectivity index (χ1v) is 5.06. The van der Waals surface area contributed by atoms with Crippen molar-refractivity contribution in [2.75, 3.05) is 6.54 Å². The number of halogens is 1. The smallest absolute Gasteiger partial charge is 0.126 e. The van der Waals surface area contributed by atoms with Crippen LogP contribution in [-0.4, -0.2) is 6.54 Å². The number of hydrogen-bond acceptors (Lipinski definition) is 1. The molecule has 76 valence electrons. The lowest BCUT2D eigenvalue weighted by atomic mass is 9.91. The van der Waals surface area contributed by atoms with Crippen LogP contribution in [0.25, 0.3) is 0 Å². The molecule has 0 aromatic heterocycles. The first-order valence-electron chi connectivity index (χ1n) is 5.06. The van der Waals surface area contributed by atoms with Crippen molar-refractivity contribution in [3.05, 3.63) is 34.6 Å². The Balaban J connectivity index is 2.49. The van der Waals surface area contributed by atoms with Gasteiger partial charge < -0.3 is 5.73 Å². The van der Waals surface area contributed by atoms with Gasteiger partial charge in [-0.3, -0.25) is 0 Å². The molecule has 0 spiro atoms. The van der Waals surface area contributed by atoms with Crippen molar-refractivity contribution in [2.45, 2.75) is 32.1 Å². The summed E-state index contributed by atoms with van der Waals surface area (Å²) in [6, 6.07) is 3.59. The summed E-state index contributed by atoms with van der Waals surface area (Å²) in [6.45, 7) is 4.47. The summed E-state index contributed by atoms with van der Waals surface area (Å²) in [6.07, 6.45) is 2.21. The highest BCUT2D eigenvalue weighted by Crippen LogP contribution is 2.48. The summed E-state index contributed by atoms with van der Waals surface area (Å²) in [5, 5.41) is 0. The van der Waals surface area contributed by atoms with Gasteiger partial charge in [0.05, 0.1) is 0 Å². The van der Waals surface area contributed by atoms with E-state index < -0.39 is 0 Å². The minimum Gasteiger partial charge on any atom is -0.330 e. The average molecular weight is 193 g/mol. The summed E-state index contributed by atoms with van der Waals surface area (Å²) < 4.78 is 13.4. The van der Waals surface area contributed by atoms with Gasteiger partial charge in [0.15, 0.2) is 0 Å². The van der Waals surface area contributed by atoms with Crippen LogP contribution in [0, 0.1) is 19.7 Å². The van der Waals surface area contributed by atoms with Crippen LogP contribution in [0.2, 0.25) is 0 Å². The molecule has 2 rings (SSSR count). The fourth-order valence-corrected chi connectivity index (χ4v) is 2.13. The van der Waals surface area contributed by atoms with Gasteiger partial charge in [-0.15, -0.1) is 0 Å². The molecule has 1 aliphatic rings. The van der Waals surface area contributed by atoms with E-state index in [2.05, 4.69) is 0 Å². The second-order valence-corrected chi connectivity index (χ2v) is 4.40. The van der Waals surface area contributed by atoms with Crippen LogP contribution in [0.5, 0.6) is 0 Å². The lowest BCUT2D eigenvalue weighted by Crippen LogP contribution is -2.21. The van der Waals surface area contributed by atoms with E-state index in [1.165, 1.54) is 5.56 Å². The van der Waals surface area contributed by atoms with Gasteiger partial charge in [-0.1, -0.05) is 6.07 Å². The van der Waals surface area contributed by atoms with Gasteiger partial charge in [0.25, 0.3) is 0 Å². The number of hydrogen-bond donors (Lipinski definition) is 1. The Labute approximate surface area is 84.1 Å². The Morgan fingerprint density at radius 3 is 2.43 bits per heavy atom. The largest absolute Gasteiger partial charge is 0.330 e. The quantitative estimate of drug-likeness (QED) is 0.767. The van der Waals surface area contributed by atoms with E-state index in [-0.39, 0.29) is 11.2 Å². The molecule has 1 nitrogen and oxygen atoms in total. The highest BCUT2D eigenvalue weighted by molar-refractivity contribution is 5.41. The van der Waals surface area contributed by atoms with Crippen LogP contribution in [0.15, 0.2) is 12.1 Å². The van der Waals surface area contributed by atoms with Crippen LogP contribution in [-0.2, 0) is 5.41 Å². The topological polar surface area (TPSA) is 26.0 Å². The van der Waals surface area contributed by atoms with Crippen molar-refractivity contribution >= 4 is 0 Å². The van der Waals surface area contributed by atoms with Crippen LogP contribution in [0.3, 0.4) is 0 Å². The lowest BCUT2D eigenvalue weighted by molar-refractivity contribution is 0.606. The Morgan fingerprint density at radius 1 is 1.29 bits per heavy atom. The molecule has 0 bridgehead atoms. The van der Waals surface area contributed by atoms with Crippen molar-refractivity contribution in [3.63, 3.8) is 0 Å². The predicted molar refractivity (Wildman–Crippen MR) is 55.8 cm³/mol. The average Bonchev–Trinajstić information content (AvgIpc) is 2.92. The highest BCUT2D eigenvalue weighted by atomic mass is 19.1. The molecule has 2 N–H and O–H groups in total. The van der Waals surface area contributed by atoms with Crippen LogP contribution < -0.4 is 5.73 Å². The van der Waals surface area contributed by atoms with E-state index in [1.54, 1.807) is 13.0 Å². The zero-order valence-corrected chi connectivity index (χ0v) is 8.73.